The summed E-state index contributed by atoms with van der Waals surface area (Å²) in [6, 6.07) is 8.68. The molecule has 0 aliphatic rings. The number of methoxy groups -OCH3 is 2. The number of hydrogen-bond acceptors (Lipinski definition) is 9. The van der Waals surface area contributed by atoms with Crippen LogP contribution in [0.3, 0.4) is 0 Å². The van der Waals surface area contributed by atoms with Crippen molar-refractivity contribution in [2.24, 2.45) is 12.0 Å². The Kier molecular flexibility index (Phi) is 8.95. The summed E-state index contributed by atoms with van der Waals surface area (Å²) in [6.07, 6.45) is 4.86. The lowest BCUT2D eigenvalue weighted by Gasteiger charge is -2.16. The molecule has 0 atom stereocenters. The summed E-state index contributed by atoms with van der Waals surface area (Å²) in [7, 11) is 4.28. The summed E-state index contributed by atoms with van der Waals surface area (Å²) in [6.45, 7) is 5.47. The number of carbonyl (C=O) groups is 1. The van der Waals surface area contributed by atoms with Crippen LogP contribution in [-0.4, -0.2) is 51.0 Å². The topological polar surface area (TPSA) is 144 Å². The van der Waals surface area contributed by atoms with Crippen LogP contribution >= 0.6 is 0 Å². The summed E-state index contributed by atoms with van der Waals surface area (Å²) < 4.78 is 35.0. The fourth-order valence-electron chi connectivity index (χ4n) is 4.04. The van der Waals surface area contributed by atoms with E-state index in [0.717, 1.165) is 15.3 Å². The Morgan fingerprint density at radius 2 is 1.86 bits per heavy atom. The number of aromatic nitrogens is 5. The van der Waals surface area contributed by atoms with E-state index in [-0.39, 0.29) is 30.3 Å². The number of anilines is 1. The average Bonchev–Trinajstić information content (AvgIpc) is 3.51. The first-order valence-corrected chi connectivity index (χ1v) is 12.5. The van der Waals surface area contributed by atoms with Gasteiger partial charge in [0.15, 0.2) is 23.1 Å². The van der Waals surface area contributed by atoms with Crippen molar-refractivity contribution < 1.29 is 23.4 Å². The van der Waals surface area contributed by atoms with Crippen LogP contribution in [0.4, 0.5) is 15.8 Å². The minimum atomic E-state index is -0.919. The Labute approximate surface area is 239 Å². The Hall–Kier alpha value is -5.53. The van der Waals surface area contributed by atoms with Crippen LogP contribution in [0.1, 0.15) is 23.0 Å². The highest BCUT2D eigenvalue weighted by atomic mass is 19.1. The third-order valence-electron chi connectivity index (χ3n) is 6.14. The molecule has 0 radical (unpaired) electrons. The third-order valence-corrected chi connectivity index (χ3v) is 6.14. The smallest absolute Gasteiger partial charge is 0.347 e. The number of aryl methyl sites for hydroxylation is 2. The van der Waals surface area contributed by atoms with Gasteiger partial charge in [-0.2, -0.15) is 10.2 Å². The number of aliphatic imine (C=N–C) groups is 1. The van der Waals surface area contributed by atoms with Crippen molar-refractivity contribution >= 4 is 29.8 Å². The van der Waals surface area contributed by atoms with Crippen molar-refractivity contribution in [2.75, 3.05) is 19.5 Å². The highest BCUT2D eigenvalue weighted by Gasteiger charge is 2.20. The largest absolute Gasteiger partial charge is 0.493 e. The van der Waals surface area contributed by atoms with Crippen LogP contribution in [0.5, 0.6) is 17.2 Å². The molecule has 4 aromatic rings. The molecule has 0 spiro atoms. The van der Waals surface area contributed by atoms with Crippen molar-refractivity contribution in [3.63, 3.8) is 0 Å². The highest BCUT2D eigenvalue weighted by Crippen LogP contribution is 2.39. The van der Waals surface area contributed by atoms with Crippen LogP contribution in [0.2, 0.25) is 0 Å². The van der Waals surface area contributed by atoms with Gasteiger partial charge in [0.2, 0.25) is 5.69 Å². The quantitative estimate of drug-likeness (QED) is 0.212. The molecule has 218 valence electrons. The minimum absolute atomic E-state index is 0.0320. The Balaban J connectivity index is 1.56. The van der Waals surface area contributed by atoms with E-state index < -0.39 is 28.7 Å². The van der Waals surface area contributed by atoms with Gasteiger partial charge < -0.3 is 19.5 Å². The van der Waals surface area contributed by atoms with Crippen LogP contribution in [0.25, 0.3) is 5.76 Å². The Morgan fingerprint density at radius 1 is 1.12 bits per heavy atom. The number of benzene rings is 2. The number of rotatable bonds is 11. The first-order chi connectivity index (χ1) is 20.2. The van der Waals surface area contributed by atoms with Gasteiger partial charge in [-0.1, -0.05) is 0 Å². The van der Waals surface area contributed by atoms with Crippen molar-refractivity contribution in [2.45, 2.75) is 20.0 Å². The number of amides is 1. The number of nitrogens with one attached hydrogen (secondary N) is 1. The second-order valence-corrected chi connectivity index (χ2v) is 8.72. The monoisotopic (exact) mass is 577 g/mol. The molecule has 2 aromatic heterocycles. The lowest BCUT2D eigenvalue weighted by atomic mass is 10.1. The van der Waals surface area contributed by atoms with Crippen molar-refractivity contribution in [3.8, 4) is 17.2 Å². The molecule has 0 saturated carbocycles. The molecule has 13 nitrogen and oxygen atoms in total. The molecule has 2 aromatic carbocycles. The molecule has 42 heavy (non-hydrogen) atoms. The minimum Gasteiger partial charge on any atom is -0.493 e. The van der Waals surface area contributed by atoms with Gasteiger partial charge in [-0.3, -0.25) is 23.8 Å². The number of hydrogen-bond donors (Lipinski definition) is 1. The number of allylic oxidation sites excluding steroid dienone is 1. The lowest BCUT2D eigenvalue weighted by Crippen LogP contribution is -2.45. The predicted octanol–water partition coefficient (Wildman–Crippen LogP) is 3.02. The summed E-state index contributed by atoms with van der Waals surface area (Å²) in [5, 5.41) is 10.3. The van der Waals surface area contributed by atoms with Gasteiger partial charge in [0.05, 0.1) is 33.0 Å². The van der Waals surface area contributed by atoms with E-state index in [2.05, 4.69) is 27.2 Å². The van der Waals surface area contributed by atoms with Gasteiger partial charge in [-0.25, -0.2) is 13.9 Å². The zero-order chi connectivity index (χ0) is 30.4. The molecule has 4 rings (SSSR count). The second-order valence-electron chi connectivity index (χ2n) is 8.72. The molecule has 0 aliphatic carbocycles. The van der Waals surface area contributed by atoms with E-state index >= 15 is 4.39 Å². The van der Waals surface area contributed by atoms with Crippen molar-refractivity contribution in [3.05, 3.63) is 92.8 Å². The molecule has 0 aliphatic heterocycles. The fraction of sp³-hybridized carbons (Fsp3) is 0.214. The summed E-state index contributed by atoms with van der Waals surface area (Å²) >= 11 is 0. The van der Waals surface area contributed by atoms with E-state index in [0.29, 0.717) is 22.7 Å². The zero-order valence-electron chi connectivity index (χ0n) is 23.3. The van der Waals surface area contributed by atoms with Crippen LogP contribution < -0.4 is 30.8 Å². The molecule has 14 heteroatoms. The van der Waals surface area contributed by atoms with E-state index in [1.807, 2.05) is 0 Å². The molecule has 1 N–H and O–H groups in total. The fourth-order valence-corrected chi connectivity index (χ4v) is 4.04. The Bertz CT molecular complexity index is 1780. The van der Waals surface area contributed by atoms with Crippen molar-refractivity contribution in [1.29, 1.82) is 0 Å². The van der Waals surface area contributed by atoms with Crippen LogP contribution in [0.15, 0.2) is 69.4 Å². The second kappa shape index (κ2) is 12.8. The van der Waals surface area contributed by atoms with E-state index in [9.17, 15) is 14.4 Å². The molecular formula is C28H28FN7O6. The van der Waals surface area contributed by atoms with Gasteiger partial charge in [0.1, 0.15) is 5.76 Å². The van der Waals surface area contributed by atoms with E-state index in [4.69, 9.17) is 14.2 Å². The van der Waals surface area contributed by atoms with Gasteiger partial charge in [0.25, 0.3) is 11.5 Å². The van der Waals surface area contributed by atoms with Gasteiger partial charge in [0, 0.05) is 42.8 Å². The summed E-state index contributed by atoms with van der Waals surface area (Å²) in [4.78, 5) is 42.4. The zero-order valence-corrected chi connectivity index (χ0v) is 23.3. The standard InChI is InChI=1S/C28H28FN7O6/c1-6-21(18-15-23(40-4)24(41-5)16-20(18)30-2)42-22-9-8-17(14-19(22)29)32-26(37)25-27(38)36(28(39)34(3)33-25)13-12-35-11-7-10-31-35/h6-11,14-16H,2,12-13H2,1,3-5H3,(H,32,37)/b21-6+. The molecule has 1 amide bonds. The Morgan fingerprint density at radius 3 is 2.48 bits per heavy atom. The molecule has 0 saturated heterocycles. The molecule has 2 heterocycles. The maximum atomic E-state index is 15.1. The average molecular weight is 578 g/mol. The van der Waals surface area contributed by atoms with Crippen LogP contribution in [-0.2, 0) is 20.1 Å². The third kappa shape index (κ3) is 6.11. The van der Waals surface area contributed by atoms with Gasteiger partial charge in [-0.05, 0) is 44.0 Å². The number of carbonyl (C=O) groups excluding carboxylic acids is 1. The maximum Gasteiger partial charge on any atom is 0.347 e. The highest BCUT2D eigenvalue weighted by molar-refractivity contribution is 6.02. The molecule has 0 unspecified atom stereocenters. The maximum absolute atomic E-state index is 15.1. The molecule has 0 bridgehead atoms. The normalized spacial score (nSPS) is 11.2. The van der Waals surface area contributed by atoms with E-state index in [1.165, 1.54) is 38.1 Å². The van der Waals surface area contributed by atoms with Crippen LogP contribution in [0, 0.1) is 5.82 Å². The summed E-state index contributed by atoms with van der Waals surface area (Å²) in [5.74, 6) is -0.758. The molecular weight excluding hydrogens is 549 g/mol. The van der Waals surface area contributed by atoms with E-state index in [1.54, 1.807) is 43.6 Å². The first-order valence-electron chi connectivity index (χ1n) is 12.5. The SMILES string of the molecule is C=Nc1cc(OC)c(OC)cc1/C(=C\C)Oc1ccc(NC(=O)c2nn(C)c(=O)n(CCn3cccn3)c2=O)cc1F. The number of ether oxygens (including phenoxy) is 3. The first kappa shape index (κ1) is 29.5. The van der Waals surface area contributed by atoms with Gasteiger partial charge >= 0.3 is 5.69 Å². The summed E-state index contributed by atoms with van der Waals surface area (Å²) in [5.41, 5.74) is -1.18. The molecule has 0 fully saturated rings. The predicted molar refractivity (Wildman–Crippen MR) is 153 cm³/mol. The number of nitrogens with zero attached hydrogens (tertiary/aromatic N) is 6. The van der Waals surface area contributed by atoms with Crippen molar-refractivity contribution in [1.82, 2.24) is 24.1 Å². The number of halogens is 1. The lowest BCUT2D eigenvalue weighted by molar-refractivity contribution is 0.101. The van der Waals surface area contributed by atoms with Gasteiger partial charge in [-0.15, -0.1) is 0 Å².